The van der Waals surface area contributed by atoms with Crippen molar-refractivity contribution in [2.45, 2.75) is 157 Å². The Morgan fingerprint density at radius 3 is 1.26 bits per heavy atom. The number of hydrogen-bond acceptors (Lipinski definition) is 7. The lowest BCUT2D eigenvalue weighted by molar-refractivity contribution is -0.138. The van der Waals surface area contributed by atoms with Crippen LogP contribution in [0.4, 0.5) is 0 Å². The average Bonchev–Trinajstić information content (AvgIpc) is 2.85. The van der Waals surface area contributed by atoms with E-state index < -0.39 is 36.2 Å². The van der Waals surface area contributed by atoms with Gasteiger partial charge in [0, 0.05) is 68.4 Å². The van der Waals surface area contributed by atoms with Gasteiger partial charge in [0.1, 0.15) is 0 Å². The molecule has 6 atom stereocenters. The Kier molecular flexibility index (Phi) is 20.8. The lowest BCUT2D eigenvalue weighted by Crippen LogP contribution is -2.47. The molecule has 0 aliphatic heterocycles. The zero-order valence-corrected chi connectivity index (χ0v) is 30.4. The molecule has 47 heavy (non-hydrogen) atoms. The van der Waals surface area contributed by atoms with Crippen LogP contribution in [0.3, 0.4) is 0 Å². The molecule has 0 saturated heterocycles. The predicted molar refractivity (Wildman–Crippen MR) is 183 cm³/mol. The van der Waals surface area contributed by atoms with Gasteiger partial charge in [-0.05, 0) is 50.4 Å². The zero-order chi connectivity index (χ0) is 36.4. The summed E-state index contributed by atoms with van der Waals surface area (Å²) in [5.74, 6) is -1.94. The molecule has 0 aromatic carbocycles. The van der Waals surface area contributed by atoms with Crippen LogP contribution in [0.25, 0.3) is 0 Å². The van der Waals surface area contributed by atoms with Crippen LogP contribution in [0, 0.1) is 23.7 Å². The summed E-state index contributed by atoms with van der Waals surface area (Å²) in [7, 11) is 0. The summed E-state index contributed by atoms with van der Waals surface area (Å²) in [4.78, 5) is 74.8. The van der Waals surface area contributed by atoms with Crippen molar-refractivity contribution in [3.63, 3.8) is 0 Å². The van der Waals surface area contributed by atoms with Crippen molar-refractivity contribution in [3.8, 4) is 0 Å². The van der Waals surface area contributed by atoms with E-state index in [0.717, 1.165) is 0 Å². The number of rotatable bonds is 23. The fraction of sp³-hybridized carbons (Fsp3) is 0.824. The van der Waals surface area contributed by atoms with E-state index in [1.165, 1.54) is 0 Å². The molecule has 0 spiro atoms. The van der Waals surface area contributed by atoms with Crippen LogP contribution in [0.5, 0.6) is 0 Å². The van der Waals surface area contributed by atoms with E-state index in [0.29, 0.717) is 12.8 Å². The van der Waals surface area contributed by atoms with Crippen LogP contribution in [0.15, 0.2) is 0 Å². The lowest BCUT2D eigenvalue weighted by atomic mass is 9.97. The second-order valence-corrected chi connectivity index (χ2v) is 14.7. The van der Waals surface area contributed by atoms with Gasteiger partial charge in [0.15, 0.2) is 0 Å². The number of aliphatic carboxylic acids is 1. The summed E-state index contributed by atoms with van der Waals surface area (Å²) >= 11 is 0. The summed E-state index contributed by atoms with van der Waals surface area (Å²) in [6.45, 7) is 19.0. The van der Waals surface area contributed by atoms with Crippen molar-refractivity contribution >= 4 is 35.5 Å². The predicted octanol–water partition coefficient (Wildman–Crippen LogP) is 2.61. The SMILES string of the molecule is CC(C)C[C@@H](CC(=O)O)NC(=O)C[C@H](C)NC(=O)C[C@@H](NC(=O)C[C@H](CC(C)C)NC(=O)C[C@H](C)NC(=O)C[C@@H](N)C(C)C)C(C)C. The molecule has 0 aromatic rings. The topological polar surface area (TPSA) is 209 Å². The minimum Gasteiger partial charge on any atom is -0.481 e. The molecule has 0 unspecified atom stereocenters. The molecular weight excluding hydrogens is 604 g/mol. The first-order valence-electron chi connectivity index (χ1n) is 17.1. The van der Waals surface area contributed by atoms with Gasteiger partial charge >= 0.3 is 5.97 Å². The Balaban J connectivity index is 5.06. The van der Waals surface area contributed by atoms with Crippen molar-refractivity contribution in [2.24, 2.45) is 29.4 Å². The quantitative estimate of drug-likeness (QED) is 0.0859. The normalized spacial score (nSPS) is 15.4. The molecule has 0 radical (unpaired) electrons. The number of carbonyl (C=O) groups is 6. The summed E-state index contributed by atoms with van der Waals surface area (Å²) < 4.78 is 0. The molecule has 13 nitrogen and oxygen atoms in total. The summed E-state index contributed by atoms with van der Waals surface area (Å²) in [6, 6.07) is -2.56. The van der Waals surface area contributed by atoms with Crippen LogP contribution < -0.4 is 32.3 Å². The Hall–Kier alpha value is -3.22. The average molecular weight is 669 g/mol. The molecule has 0 bridgehead atoms. The Bertz CT molecular complexity index is 1020. The molecule has 0 aromatic heterocycles. The van der Waals surface area contributed by atoms with Gasteiger partial charge in [-0.1, -0.05) is 55.4 Å². The second kappa shape index (κ2) is 22.4. The number of carboxylic acids is 1. The molecule has 0 heterocycles. The van der Waals surface area contributed by atoms with Gasteiger partial charge < -0.3 is 37.4 Å². The minimum absolute atomic E-state index is 0.00321. The monoisotopic (exact) mass is 668 g/mol. The molecular formula is C34H64N6O7. The van der Waals surface area contributed by atoms with Crippen LogP contribution in [-0.2, 0) is 28.8 Å². The molecule has 5 amide bonds. The zero-order valence-electron chi connectivity index (χ0n) is 30.4. The molecule has 13 heteroatoms. The number of amides is 5. The molecule has 0 aliphatic rings. The van der Waals surface area contributed by atoms with E-state index in [9.17, 15) is 28.8 Å². The van der Waals surface area contributed by atoms with Crippen molar-refractivity contribution in [1.29, 1.82) is 0 Å². The Labute approximate surface area is 282 Å². The van der Waals surface area contributed by atoms with Gasteiger partial charge in [-0.25, -0.2) is 0 Å². The third kappa shape index (κ3) is 22.1. The molecule has 0 saturated carbocycles. The third-order valence-corrected chi connectivity index (χ3v) is 7.73. The van der Waals surface area contributed by atoms with Crippen LogP contribution >= 0.6 is 0 Å². The highest BCUT2D eigenvalue weighted by Crippen LogP contribution is 2.13. The lowest BCUT2D eigenvalue weighted by Gasteiger charge is -2.26. The first kappa shape index (κ1) is 43.8. The van der Waals surface area contributed by atoms with Crippen molar-refractivity contribution in [3.05, 3.63) is 0 Å². The standard InChI is InChI=1S/C34H64N6O7/c1-19(2)11-25(38-29(41)13-23(9)36-32(44)17-27(35)21(5)6)15-31(43)40-28(22(7)8)18-33(45)37-24(10)14-30(42)39-26(12-20(3)4)16-34(46)47/h19-28H,11-18,35H2,1-10H3,(H,36,44)(H,37,45)(H,38,41)(H,39,42)(H,40,43)(H,46,47)/t23-,24-,25-,26-,27+,28+/m0/s1. The van der Waals surface area contributed by atoms with E-state index >= 15 is 0 Å². The highest BCUT2D eigenvalue weighted by atomic mass is 16.4. The van der Waals surface area contributed by atoms with E-state index in [1.807, 2.05) is 55.4 Å². The van der Waals surface area contributed by atoms with Crippen LogP contribution in [-0.4, -0.2) is 76.9 Å². The Morgan fingerprint density at radius 1 is 0.489 bits per heavy atom. The van der Waals surface area contributed by atoms with Crippen molar-refractivity contribution in [2.75, 3.05) is 0 Å². The molecule has 0 fully saturated rings. The number of carbonyl (C=O) groups excluding carboxylic acids is 5. The van der Waals surface area contributed by atoms with Gasteiger partial charge in [-0.2, -0.15) is 0 Å². The van der Waals surface area contributed by atoms with Crippen LogP contribution in [0.1, 0.15) is 121 Å². The van der Waals surface area contributed by atoms with Gasteiger partial charge in [0.2, 0.25) is 29.5 Å². The molecule has 0 aliphatic carbocycles. The summed E-state index contributed by atoms with van der Waals surface area (Å²) in [5, 5.41) is 23.4. The minimum atomic E-state index is -0.990. The smallest absolute Gasteiger partial charge is 0.305 e. The maximum Gasteiger partial charge on any atom is 0.305 e. The second-order valence-electron chi connectivity index (χ2n) is 14.7. The highest BCUT2D eigenvalue weighted by Gasteiger charge is 2.25. The third-order valence-electron chi connectivity index (χ3n) is 7.73. The van der Waals surface area contributed by atoms with Crippen molar-refractivity contribution < 1.29 is 33.9 Å². The Morgan fingerprint density at radius 2 is 0.872 bits per heavy atom. The van der Waals surface area contributed by atoms with E-state index in [-0.39, 0.29) is 97.8 Å². The van der Waals surface area contributed by atoms with Gasteiger partial charge in [-0.3, -0.25) is 28.8 Å². The highest BCUT2D eigenvalue weighted by molar-refractivity contribution is 5.83. The number of nitrogens with one attached hydrogen (secondary N) is 5. The molecule has 272 valence electrons. The van der Waals surface area contributed by atoms with Gasteiger partial charge in [0.05, 0.1) is 6.42 Å². The van der Waals surface area contributed by atoms with Crippen molar-refractivity contribution in [1.82, 2.24) is 26.6 Å². The molecule has 8 N–H and O–H groups in total. The van der Waals surface area contributed by atoms with E-state index in [2.05, 4.69) is 26.6 Å². The molecule has 0 rings (SSSR count). The number of carboxylic acid groups (broad SMARTS) is 1. The fourth-order valence-corrected chi connectivity index (χ4v) is 5.23. The van der Waals surface area contributed by atoms with Crippen LogP contribution in [0.2, 0.25) is 0 Å². The maximum absolute atomic E-state index is 13.1. The largest absolute Gasteiger partial charge is 0.481 e. The van der Waals surface area contributed by atoms with E-state index in [4.69, 9.17) is 10.8 Å². The first-order chi connectivity index (χ1) is 21.7. The maximum atomic E-state index is 13.1. The summed E-state index contributed by atoms with van der Waals surface area (Å²) in [6.07, 6.45) is 1.18. The van der Waals surface area contributed by atoms with E-state index in [1.54, 1.807) is 13.8 Å². The van der Waals surface area contributed by atoms with Gasteiger partial charge in [0.25, 0.3) is 0 Å². The number of hydrogen-bond donors (Lipinski definition) is 7. The fourth-order valence-electron chi connectivity index (χ4n) is 5.23. The number of nitrogens with two attached hydrogens (primary N) is 1. The van der Waals surface area contributed by atoms with Gasteiger partial charge in [-0.15, -0.1) is 0 Å². The summed E-state index contributed by atoms with van der Waals surface area (Å²) in [5.41, 5.74) is 5.98. The first-order valence-corrected chi connectivity index (χ1v) is 17.1.